The maximum absolute atomic E-state index is 14.8. The molecule has 0 saturated carbocycles. The number of carbonyl (C=O) groups is 8. The molecule has 3 aliphatic heterocycles. The van der Waals surface area contributed by atoms with Gasteiger partial charge in [0.05, 0.1) is 17.5 Å². The van der Waals surface area contributed by atoms with Crippen LogP contribution in [0.4, 0.5) is 5.69 Å². The van der Waals surface area contributed by atoms with Crippen molar-refractivity contribution in [3.63, 3.8) is 0 Å². The van der Waals surface area contributed by atoms with Crippen molar-refractivity contribution in [3.8, 4) is 0 Å². The first kappa shape index (κ1) is 37.0. The van der Waals surface area contributed by atoms with Gasteiger partial charge in [0.1, 0.15) is 16.2 Å². The van der Waals surface area contributed by atoms with Crippen LogP contribution in [0.2, 0.25) is 0 Å². The minimum Gasteiger partial charge on any atom is -0.462 e. The lowest BCUT2D eigenvalue weighted by molar-refractivity contribution is -0.212. The number of esters is 5. The van der Waals surface area contributed by atoms with Crippen molar-refractivity contribution in [1.29, 1.82) is 0 Å². The summed E-state index contributed by atoms with van der Waals surface area (Å²) in [6.45, 7) is 4.46. The number of carbonyl (C=O) groups excluding carboxylic acids is 8. The Balaban J connectivity index is 1.80. The summed E-state index contributed by atoms with van der Waals surface area (Å²) in [7, 11) is 1.36. The number of para-hydroxylation sites is 1. The molecule has 5 rings (SSSR count). The van der Waals surface area contributed by atoms with E-state index in [1.165, 1.54) is 11.9 Å². The summed E-state index contributed by atoms with van der Waals surface area (Å²) >= 11 is 0.884. The molecular formula is C35H36N2O13S. The van der Waals surface area contributed by atoms with Gasteiger partial charge in [0.15, 0.2) is 24.4 Å². The number of likely N-dealkylation sites (tertiary alicyclic amines) is 1. The van der Waals surface area contributed by atoms with E-state index in [0.717, 1.165) is 51.3 Å². The summed E-state index contributed by atoms with van der Waals surface area (Å²) in [5, 5.41) is 0. The number of fused-ring (bicyclic) bond motifs is 5. The van der Waals surface area contributed by atoms with Crippen molar-refractivity contribution >= 4 is 65.0 Å². The maximum Gasteiger partial charge on any atom is 0.303 e. The predicted octanol–water partition coefficient (Wildman–Crippen LogP) is 1.89. The van der Waals surface area contributed by atoms with Gasteiger partial charge < -0.3 is 28.6 Å². The van der Waals surface area contributed by atoms with Crippen LogP contribution in [-0.4, -0.2) is 95.4 Å². The molecule has 16 heteroatoms. The Hall–Kier alpha value is -5.25. The molecule has 3 amide bonds. The van der Waals surface area contributed by atoms with E-state index in [2.05, 4.69) is 0 Å². The first-order chi connectivity index (χ1) is 24.1. The van der Waals surface area contributed by atoms with Gasteiger partial charge in [-0.25, -0.2) is 4.90 Å². The average molecular weight is 725 g/mol. The molecule has 2 aromatic carbocycles. The van der Waals surface area contributed by atoms with Crippen molar-refractivity contribution in [3.05, 3.63) is 66.2 Å². The second kappa shape index (κ2) is 14.2. The smallest absolute Gasteiger partial charge is 0.303 e. The van der Waals surface area contributed by atoms with Crippen LogP contribution in [0.3, 0.4) is 0 Å². The summed E-state index contributed by atoms with van der Waals surface area (Å²) in [5.74, 6) is -9.45. The van der Waals surface area contributed by atoms with Crippen LogP contribution < -0.4 is 4.90 Å². The summed E-state index contributed by atoms with van der Waals surface area (Å²) in [5.41, 5.74) is 0.613. The summed E-state index contributed by atoms with van der Waals surface area (Å²) in [4.78, 5) is 107. The molecule has 0 aromatic heterocycles. The average Bonchev–Trinajstić information content (AvgIpc) is 3.62. The van der Waals surface area contributed by atoms with Gasteiger partial charge in [0.2, 0.25) is 17.7 Å². The lowest BCUT2D eigenvalue weighted by Crippen LogP contribution is -2.68. The molecule has 0 N–H and O–H groups in total. The molecule has 15 nitrogen and oxygen atoms in total. The molecule has 3 saturated heterocycles. The SMILES string of the molecule is CC(=O)OC[C@@H](OC(C)=O)[C@@H](OC(C)=O)[C@H](OC(C)=O)[C@@H](OC(C)=O)[C@]12S[C@](c3ccccc3)(C(=O)N1C)[C@H]1C(=O)N(c3ccccc3)C(=O)[C@H]12. The molecule has 51 heavy (non-hydrogen) atoms. The molecule has 3 heterocycles. The van der Waals surface area contributed by atoms with E-state index >= 15 is 0 Å². The highest BCUT2D eigenvalue weighted by atomic mass is 32.2. The minimum absolute atomic E-state index is 0.231. The van der Waals surface area contributed by atoms with Gasteiger partial charge in [-0.05, 0) is 17.7 Å². The van der Waals surface area contributed by atoms with Gasteiger partial charge in [-0.15, -0.1) is 11.8 Å². The van der Waals surface area contributed by atoms with Crippen LogP contribution in [0.15, 0.2) is 60.7 Å². The number of amides is 3. The number of rotatable bonds is 12. The van der Waals surface area contributed by atoms with E-state index in [1.807, 2.05) is 0 Å². The predicted molar refractivity (Wildman–Crippen MR) is 176 cm³/mol. The zero-order chi connectivity index (χ0) is 37.4. The number of benzene rings is 2. The highest BCUT2D eigenvalue weighted by Gasteiger charge is 2.84. The van der Waals surface area contributed by atoms with Crippen molar-refractivity contribution < 1.29 is 62.0 Å². The topological polar surface area (TPSA) is 189 Å². The van der Waals surface area contributed by atoms with E-state index in [4.69, 9.17) is 23.7 Å². The highest BCUT2D eigenvalue weighted by Crippen LogP contribution is 2.73. The van der Waals surface area contributed by atoms with Crippen LogP contribution >= 0.6 is 11.8 Å². The summed E-state index contributed by atoms with van der Waals surface area (Å²) in [6.07, 6.45) is -7.29. The van der Waals surface area contributed by atoms with Gasteiger partial charge in [0, 0.05) is 41.7 Å². The molecule has 8 atom stereocenters. The first-order valence-electron chi connectivity index (χ1n) is 15.9. The largest absolute Gasteiger partial charge is 0.462 e. The standard InChI is InChI=1S/C35H36N2O13S/c1-18(38)46-17-25(47-19(2)39)28(48-20(3)40)29(49-21(4)41)30(50-22(5)42)35-27-26(31(43)37(32(27)44)24-15-11-8-12-16-24)34(51-35,33(45)36(35)6)23-13-9-7-10-14-23/h7-16,25-30H,17H2,1-6H3/t25-,26-,27+,28-,29+,30-,34+,35+/m1/s1. The van der Waals surface area contributed by atoms with Crippen LogP contribution in [0.1, 0.15) is 40.2 Å². The third kappa shape index (κ3) is 6.32. The summed E-state index contributed by atoms with van der Waals surface area (Å²) in [6, 6.07) is 16.4. The number of hydrogen-bond donors (Lipinski definition) is 0. The highest BCUT2D eigenvalue weighted by molar-refractivity contribution is 8.03. The Morgan fingerprint density at radius 1 is 0.686 bits per heavy atom. The van der Waals surface area contributed by atoms with Crippen molar-refractivity contribution in [2.75, 3.05) is 18.6 Å². The number of ether oxygens (including phenoxy) is 5. The van der Waals surface area contributed by atoms with E-state index in [1.54, 1.807) is 60.7 Å². The number of piperidine rings is 1. The number of imide groups is 1. The number of nitrogens with zero attached hydrogens (tertiary/aromatic N) is 2. The molecule has 0 unspecified atom stereocenters. The molecule has 2 bridgehead atoms. The quantitative estimate of drug-likeness (QED) is 0.175. The third-order valence-electron chi connectivity index (χ3n) is 8.94. The minimum atomic E-state index is -2.01. The maximum atomic E-state index is 14.8. The first-order valence-corrected chi connectivity index (χ1v) is 16.7. The fraction of sp³-hybridized carbons (Fsp3) is 0.429. The Morgan fingerprint density at radius 2 is 1.20 bits per heavy atom. The van der Waals surface area contributed by atoms with Gasteiger partial charge >= 0.3 is 29.8 Å². The van der Waals surface area contributed by atoms with Crippen LogP contribution in [-0.2, 0) is 66.8 Å². The Bertz CT molecular complexity index is 1770. The second-order valence-corrected chi connectivity index (χ2v) is 13.8. The number of likely N-dealkylation sites (N-methyl/N-ethyl adjacent to an activating group) is 1. The number of thioether (sulfide) groups is 1. The molecule has 270 valence electrons. The molecule has 3 fully saturated rings. The Morgan fingerprint density at radius 3 is 1.73 bits per heavy atom. The molecule has 0 spiro atoms. The van der Waals surface area contributed by atoms with Crippen molar-refractivity contribution in [1.82, 2.24) is 4.90 Å². The van der Waals surface area contributed by atoms with Gasteiger partial charge in [-0.2, -0.15) is 0 Å². The summed E-state index contributed by atoms with van der Waals surface area (Å²) < 4.78 is 26.1. The van der Waals surface area contributed by atoms with Gasteiger partial charge in [-0.1, -0.05) is 48.5 Å². The fourth-order valence-electron chi connectivity index (χ4n) is 7.26. The number of anilines is 1. The lowest BCUT2D eigenvalue weighted by Gasteiger charge is -2.47. The number of hydrogen-bond acceptors (Lipinski definition) is 14. The van der Waals surface area contributed by atoms with E-state index in [9.17, 15) is 38.4 Å². The monoisotopic (exact) mass is 724 g/mol. The zero-order valence-corrected chi connectivity index (χ0v) is 29.4. The molecule has 0 radical (unpaired) electrons. The Labute approximate surface area is 296 Å². The van der Waals surface area contributed by atoms with Crippen LogP contribution in [0.5, 0.6) is 0 Å². The second-order valence-electron chi connectivity index (χ2n) is 12.3. The van der Waals surface area contributed by atoms with Gasteiger partial charge in [-0.3, -0.25) is 38.4 Å². The third-order valence-corrected chi connectivity index (χ3v) is 11.0. The zero-order valence-electron chi connectivity index (χ0n) is 28.6. The van der Waals surface area contributed by atoms with E-state index in [0.29, 0.717) is 5.56 Å². The molecule has 3 aliphatic rings. The van der Waals surface area contributed by atoms with Crippen molar-refractivity contribution in [2.45, 2.75) is 68.7 Å². The fourth-order valence-corrected chi connectivity index (χ4v) is 9.50. The van der Waals surface area contributed by atoms with Crippen molar-refractivity contribution in [2.24, 2.45) is 11.8 Å². The van der Waals surface area contributed by atoms with E-state index in [-0.39, 0.29) is 5.69 Å². The normalized spacial score (nSPS) is 25.7. The molecule has 2 aromatic rings. The van der Waals surface area contributed by atoms with Crippen LogP contribution in [0, 0.1) is 11.8 Å². The van der Waals surface area contributed by atoms with Crippen LogP contribution in [0.25, 0.3) is 0 Å². The van der Waals surface area contributed by atoms with E-state index < -0.39 is 100 Å². The molecular weight excluding hydrogens is 688 g/mol. The van der Waals surface area contributed by atoms with Gasteiger partial charge in [0.25, 0.3) is 0 Å². The molecule has 0 aliphatic carbocycles. The lowest BCUT2D eigenvalue weighted by atomic mass is 9.69. The Kier molecular flexibility index (Phi) is 10.3.